The van der Waals surface area contributed by atoms with Crippen molar-refractivity contribution in [1.29, 1.82) is 0 Å². The third-order valence-corrected chi connectivity index (χ3v) is 13.3. The molecule has 0 saturated heterocycles. The van der Waals surface area contributed by atoms with E-state index in [1.807, 2.05) is 0 Å². The maximum Gasteiger partial charge on any atom is 0.184 e. The highest BCUT2D eigenvalue weighted by atomic mass is 28.4. The number of rotatable bonds is 9. The molecule has 4 heteroatoms. The van der Waals surface area contributed by atoms with Crippen molar-refractivity contribution in [3.05, 3.63) is 11.6 Å². The van der Waals surface area contributed by atoms with Gasteiger partial charge in [-0.3, -0.25) is 0 Å². The van der Waals surface area contributed by atoms with Gasteiger partial charge in [-0.25, -0.2) is 0 Å². The van der Waals surface area contributed by atoms with Crippen LogP contribution in [0.2, 0.25) is 39.3 Å². The van der Waals surface area contributed by atoms with Crippen LogP contribution in [0.15, 0.2) is 11.6 Å². The molecule has 0 amide bonds. The van der Waals surface area contributed by atoms with Gasteiger partial charge in [-0.05, 0) is 136 Å². The molecule has 9 atom stereocenters. The minimum atomic E-state index is -1.66. The van der Waals surface area contributed by atoms with Crippen molar-refractivity contribution in [1.82, 2.24) is 0 Å². The van der Waals surface area contributed by atoms with Gasteiger partial charge in [0.1, 0.15) is 0 Å². The molecule has 0 aromatic rings. The Bertz CT molecular complexity index is 823. The first-order valence-corrected chi connectivity index (χ1v) is 22.9. The van der Waals surface area contributed by atoms with Crippen molar-refractivity contribution < 1.29 is 8.85 Å². The fourth-order valence-electron chi connectivity index (χ4n) is 9.83. The van der Waals surface area contributed by atoms with E-state index in [1.165, 1.54) is 64.2 Å². The van der Waals surface area contributed by atoms with E-state index >= 15 is 0 Å². The van der Waals surface area contributed by atoms with Crippen molar-refractivity contribution in [2.45, 2.75) is 150 Å². The monoisotopic (exact) mass is 546 g/mol. The fourth-order valence-corrected chi connectivity index (χ4v) is 12.0. The van der Waals surface area contributed by atoms with E-state index in [0.717, 1.165) is 35.5 Å². The second-order valence-corrected chi connectivity index (χ2v) is 25.6. The lowest BCUT2D eigenvalue weighted by Crippen LogP contribution is -2.56. The van der Waals surface area contributed by atoms with Crippen LogP contribution in [0, 0.1) is 46.3 Å². The SMILES string of the molecule is CC(C)CCCC(C)C1CCC2C3CC(O[Si](C)(C)C)C4=CC(O[Si](C)(C)C)CCC4(C)C3CCC12C. The van der Waals surface area contributed by atoms with Crippen LogP contribution >= 0.6 is 0 Å². The summed E-state index contributed by atoms with van der Waals surface area (Å²) < 4.78 is 13.8. The zero-order chi connectivity index (χ0) is 27.4. The van der Waals surface area contributed by atoms with Gasteiger partial charge in [0.25, 0.3) is 0 Å². The molecule has 3 fully saturated rings. The van der Waals surface area contributed by atoms with E-state index in [0.29, 0.717) is 23.0 Å². The van der Waals surface area contributed by atoms with Gasteiger partial charge in [0.2, 0.25) is 0 Å². The predicted octanol–water partition coefficient (Wildman–Crippen LogP) is 10.1. The van der Waals surface area contributed by atoms with Crippen molar-refractivity contribution in [3.8, 4) is 0 Å². The first kappa shape index (κ1) is 30.1. The van der Waals surface area contributed by atoms with E-state index in [-0.39, 0.29) is 0 Å². The van der Waals surface area contributed by atoms with E-state index in [2.05, 4.69) is 80.0 Å². The lowest BCUT2D eigenvalue weighted by molar-refractivity contribution is -0.0842. The van der Waals surface area contributed by atoms with Crippen LogP contribution in [0.5, 0.6) is 0 Å². The van der Waals surface area contributed by atoms with Crippen LogP contribution < -0.4 is 0 Å². The molecule has 2 nitrogen and oxygen atoms in total. The van der Waals surface area contributed by atoms with E-state index in [1.54, 1.807) is 5.57 Å². The topological polar surface area (TPSA) is 18.5 Å². The first-order valence-electron chi connectivity index (χ1n) is 16.1. The summed E-state index contributed by atoms with van der Waals surface area (Å²) >= 11 is 0. The van der Waals surface area contributed by atoms with Gasteiger partial charge < -0.3 is 8.85 Å². The summed E-state index contributed by atoms with van der Waals surface area (Å²) in [6.07, 6.45) is 17.0. The Balaban J connectivity index is 1.60. The smallest absolute Gasteiger partial charge is 0.184 e. The molecule has 0 N–H and O–H groups in total. The minimum Gasteiger partial charge on any atom is -0.411 e. The molecule has 0 bridgehead atoms. The van der Waals surface area contributed by atoms with Gasteiger partial charge in [-0.15, -0.1) is 0 Å². The largest absolute Gasteiger partial charge is 0.411 e. The van der Waals surface area contributed by atoms with Crippen LogP contribution in [-0.2, 0) is 8.85 Å². The van der Waals surface area contributed by atoms with Crippen molar-refractivity contribution >= 4 is 16.6 Å². The summed E-state index contributed by atoms with van der Waals surface area (Å²) in [5.74, 6) is 5.21. The maximum absolute atomic E-state index is 7.10. The molecule has 0 heterocycles. The number of hydrogen-bond acceptors (Lipinski definition) is 2. The fraction of sp³-hybridized carbons (Fsp3) is 0.939. The lowest BCUT2D eigenvalue weighted by Gasteiger charge is -2.61. The lowest BCUT2D eigenvalue weighted by atomic mass is 9.46. The average molecular weight is 547 g/mol. The summed E-state index contributed by atoms with van der Waals surface area (Å²) in [6, 6.07) is 0. The van der Waals surface area contributed by atoms with Crippen LogP contribution in [0.1, 0.15) is 98.8 Å². The summed E-state index contributed by atoms with van der Waals surface area (Å²) in [5, 5.41) is 0. The Hall–Kier alpha value is 0.0938. The van der Waals surface area contributed by atoms with E-state index in [9.17, 15) is 0 Å². The molecule has 0 aromatic heterocycles. The summed E-state index contributed by atoms with van der Waals surface area (Å²) in [5.41, 5.74) is 2.48. The van der Waals surface area contributed by atoms with E-state index < -0.39 is 16.6 Å². The van der Waals surface area contributed by atoms with Crippen molar-refractivity contribution in [3.63, 3.8) is 0 Å². The van der Waals surface area contributed by atoms with Crippen LogP contribution in [0.4, 0.5) is 0 Å². The molecule has 4 aliphatic carbocycles. The minimum absolute atomic E-state index is 0.300. The molecule has 0 aromatic carbocycles. The molecule has 214 valence electrons. The zero-order valence-corrected chi connectivity index (χ0v) is 28.6. The van der Waals surface area contributed by atoms with Gasteiger partial charge in [-0.2, -0.15) is 0 Å². The van der Waals surface area contributed by atoms with Gasteiger partial charge in [0, 0.05) is 0 Å². The highest BCUT2D eigenvalue weighted by Crippen LogP contribution is 2.68. The normalized spacial score (nSPS) is 41.1. The molecule has 0 radical (unpaired) electrons. The Morgan fingerprint density at radius 1 is 0.838 bits per heavy atom. The number of hydrogen-bond donors (Lipinski definition) is 0. The highest BCUT2D eigenvalue weighted by molar-refractivity contribution is 6.70. The molecule has 37 heavy (non-hydrogen) atoms. The Kier molecular flexibility index (Phi) is 8.79. The zero-order valence-electron chi connectivity index (χ0n) is 26.6. The predicted molar refractivity (Wildman–Crippen MR) is 165 cm³/mol. The molecule has 0 aliphatic heterocycles. The van der Waals surface area contributed by atoms with Gasteiger partial charge in [0.05, 0.1) is 12.2 Å². The third-order valence-electron chi connectivity index (χ3n) is 11.3. The standard InChI is InChI=1S/C33H62O2Si2/c1-23(2)13-12-14-24(3)27-15-16-28-26-22-31(35-37(9,10)11)30-21-25(34-36(6,7)8)17-19-33(30,5)29(26)18-20-32(27,28)4/h21,23-29,31H,12-20,22H2,1-11H3. The summed E-state index contributed by atoms with van der Waals surface area (Å²) in [7, 11) is -3.23. The number of fused-ring (bicyclic) bond motifs is 5. The molecule has 4 rings (SSSR count). The first-order chi connectivity index (χ1) is 17.0. The second kappa shape index (κ2) is 10.8. The van der Waals surface area contributed by atoms with Crippen LogP contribution in [0.3, 0.4) is 0 Å². The Labute approximate surface area is 233 Å². The molecule has 0 spiro atoms. The molecule has 3 saturated carbocycles. The maximum atomic E-state index is 7.10. The molecular weight excluding hydrogens is 485 g/mol. The molecule has 9 unspecified atom stereocenters. The van der Waals surface area contributed by atoms with Crippen molar-refractivity contribution in [2.75, 3.05) is 0 Å². The molecular formula is C33H62O2Si2. The summed E-state index contributed by atoms with van der Waals surface area (Å²) in [4.78, 5) is 0. The second-order valence-electron chi connectivity index (χ2n) is 16.7. The molecule has 4 aliphatic rings. The Morgan fingerprint density at radius 2 is 1.51 bits per heavy atom. The Morgan fingerprint density at radius 3 is 2.14 bits per heavy atom. The van der Waals surface area contributed by atoms with Gasteiger partial charge in [-0.1, -0.05) is 60.0 Å². The van der Waals surface area contributed by atoms with E-state index in [4.69, 9.17) is 8.85 Å². The van der Waals surface area contributed by atoms with Crippen LogP contribution in [-0.4, -0.2) is 28.8 Å². The highest BCUT2D eigenvalue weighted by Gasteiger charge is 2.61. The van der Waals surface area contributed by atoms with Gasteiger partial charge >= 0.3 is 0 Å². The third kappa shape index (κ3) is 6.38. The summed E-state index contributed by atoms with van der Waals surface area (Å²) in [6.45, 7) is 26.9. The van der Waals surface area contributed by atoms with Crippen molar-refractivity contribution in [2.24, 2.45) is 46.3 Å². The average Bonchev–Trinajstić information content (AvgIpc) is 3.10. The quantitative estimate of drug-likeness (QED) is 0.211. The van der Waals surface area contributed by atoms with Crippen LogP contribution in [0.25, 0.3) is 0 Å². The van der Waals surface area contributed by atoms with Gasteiger partial charge in [0.15, 0.2) is 16.6 Å².